The third-order valence-electron chi connectivity index (χ3n) is 3.18. The van der Waals surface area contributed by atoms with Crippen molar-refractivity contribution in [2.75, 3.05) is 6.54 Å². The third kappa shape index (κ3) is 2.51. The van der Waals surface area contributed by atoms with Crippen LogP contribution in [0, 0.1) is 0 Å². The van der Waals surface area contributed by atoms with Gasteiger partial charge in [0.1, 0.15) is 12.4 Å². The molecule has 0 aliphatic carbocycles. The van der Waals surface area contributed by atoms with E-state index in [-0.39, 0.29) is 0 Å². The molecule has 0 fully saturated rings. The molecule has 0 unspecified atom stereocenters. The molecule has 92 valence electrons. The SMILES string of the molecule is c1ccc(COc2ccc3c(c2)CNCC3)nc1. The maximum absolute atomic E-state index is 5.77. The fraction of sp³-hybridized carbons (Fsp3) is 0.267. The van der Waals surface area contributed by atoms with Gasteiger partial charge in [-0.25, -0.2) is 0 Å². The summed E-state index contributed by atoms with van der Waals surface area (Å²) in [6, 6.07) is 12.2. The molecule has 1 N–H and O–H groups in total. The van der Waals surface area contributed by atoms with Gasteiger partial charge < -0.3 is 10.1 Å². The highest BCUT2D eigenvalue weighted by Crippen LogP contribution is 2.21. The molecule has 2 heterocycles. The van der Waals surface area contributed by atoms with Crippen molar-refractivity contribution in [3.05, 3.63) is 59.4 Å². The molecule has 0 saturated carbocycles. The van der Waals surface area contributed by atoms with Crippen LogP contribution in [-0.2, 0) is 19.6 Å². The van der Waals surface area contributed by atoms with Crippen molar-refractivity contribution in [3.63, 3.8) is 0 Å². The predicted molar refractivity (Wildman–Crippen MR) is 70.4 cm³/mol. The molecule has 1 aromatic heterocycles. The second-order valence-corrected chi connectivity index (χ2v) is 4.47. The highest BCUT2D eigenvalue weighted by molar-refractivity contribution is 5.37. The summed E-state index contributed by atoms with van der Waals surface area (Å²) >= 11 is 0. The van der Waals surface area contributed by atoms with Crippen molar-refractivity contribution in [1.82, 2.24) is 10.3 Å². The van der Waals surface area contributed by atoms with Crippen LogP contribution in [0.3, 0.4) is 0 Å². The molecule has 0 amide bonds. The van der Waals surface area contributed by atoms with Gasteiger partial charge in [0, 0.05) is 12.7 Å². The Balaban J connectivity index is 1.70. The first-order chi connectivity index (χ1) is 8.92. The first kappa shape index (κ1) is 11.2. The predicted octanol–water partition coefficient (Wildman–Crippen LogP) is 2.31. The Labute approximate surface area is 107 Å². The number of nitrogens with zero attached hydrogens (tertiary/aromatic N) is 1. The molecule has 0 radical (unpaired) electrons. The molecule has 1 aliphatic heterocycles. The van der Waals surface area contributed by atoms with Crippen LogP contribution in [0.25, 0.3) is 0 Å². The lowest BCUT2D eigenvalue weighted by atomic mass is 10.0. The number of hydrogen-bond acceptors (Lipinski definition) is 3. The quantitative estimate of drug-likeness (QED) is 0.894. The van der Waals surface area contributed by atoms with Crippen molar-refractivity contribution in [3.8, 4) is 5.75 Å². The number of rotatable bonds is 3. The number of hydrogen-bond donors (Lipinski definition) is 1. The van der Waals surface area contributed by atoms with E-state index in [0.717, 1.165) is 31.0 Å². The lowest BCUT2D eigenvalue weighted by Gasteiger charge is -2.17. The summed E-state index contributed by atoms with van der Waals surface area (Å²) in [4.78, 5) is 4.24. The minimum atomic E-state index is 0.521. The molecule has 3 rings (SSSR count). The van der Waals surface area contributed by atoms with E-state index in [4.69, 9.17) is 4.74 Å². The van der Waals surface area contributed by atoms with Crippen molar-refractivity contribution in [2.24, 2.45) is 0 Å². The van der Waals surface area contributed by atoms with E-state index in [1.165, 1.54) is 11.1 Å². The summed E-state index contributed by atoms with van der Waals surface area (Å²) in [5.41, 5.74) is 3.73. The Morgan fingerprint density at radius 3 is 3.06 bits per heavy atom. The van der Waals surface area contributed by atoms with Crippen LogP contribution < -0.4 is 10.1 Å². The highest BCUT2D eigenvalue weighted by Gasteiger charge is 2.09. The van der Waals surface area contributed by atoms with E-state index < -0.39 is 0 Å². The molecule has 3 nitrogen and oxygen atoms in total. The fourth-order valence-electron chi connectivity index (χ4n) is 2.19. The van der Waals surface area contributed by atoms with Gasteiger partial charge in [0.15, 0.2) is 0 Å². The maximum atomic E-state index is 5.77. The number of pyridine rings is 1. The third-order valence-corrected chi connectivity index (χ3v) is 3.18. The number of nitrogens with one attached hydrogen (secondary N) is 1. The normalized spacial score (nSPS) is 14.0. The second kappa shape index (κ2) is 5.19. The van der Waals surface area contributed by atoms with Crippen LogP contribution in [0.2, 0.25) is 0 Å². The largest absolute Gasteiger partial charge is 0.487 e. The molecule has 1 aromatic carbocycles. The second-order valence-electron chi connectivity index (χ2n) is 4.47. The van der Waals surface area contributed by atoms with Gasteiger partial charge in [-0.15, -0.1) is 0 Å². The van der Waals surface area contributed by atoms with E-state index in [9.17, 15) is 0 Å². The van der Waals surface area contributed by atoms with E-state index in [0.29, 0.717) is 6.61 Å². The molecule has 0 spiro atoms. The summed E-state index contributed by atoms with van der Waals surface area (Å²) in [6.45, 7) is 2.53. The number of benzene rings is 1. The zero-order chi connectivity index (χ0) is 12.2. The lowest BCUT2D eigenvalue weighted by molar-refractivity contribution is 0.300. The smallest absolute Gasteiger partial charge is 0.130 e. The van der Waals surface area contributed by atoms with E-state index in [2.05, 4.69) is 22.4 Å². The zero-order valence-electron chi connectivity index (χ0n) is 10.2. The van der Waals surface area contributed by atoms with Crippen LogP contribution in [0.4, 0.5) is 0 Å². The van der Waals surface area contributed by atoms with E-state index >= 15 is 0 Å². The van der Waals surface area contributed by atoms with Crippen molar-refractivity contribution in [1.29, 1.82) is 0 Å². The summed E-state index contributed by atoms with van der Waals surface area (Å²) in [7, 11) is 0. The Kier molecular flexibility index (Phi) is 3.24. The summed E-state index contributed by atoms with van der Waals surface area (Å²) in [5, 5.41) is 3.37. The zero-order valence-corrected chi connectivity index (χ0v) is 10.2. The average Bonchev–Trinajstić information content (AvgIpc) is 2.46. The number of ether oxygens (including phenoxy) is 1. The fourth-order valence-corrected chi connectivity index (χ4v) is 2.19. The molecule has 2 aromatic rings. The maximum Gasteiger partial charge on any atom is 0.130 e. The van der Waals surface area contributed by atoms with Gasteiger partial charge >= 0.3 is 0 Å². The van der Waals surface area contributed by atoms with Gasteiger partial charge in [-0.1, -0.05) is 12.1 Å². The summed E-state index contributed by atoms with van der Waals surface area (Å²) in [5.74, 6) is 0.920. The van der Waals surface area contributed by atoms with Crippen LogP contribution in [0.1, 0.15) is 16.8 Å². The van der Waals surface area contributed by atoms with E-state index in [1.54, 1.807) is 6.20 Å². The molecule has 0 saturated heterocycles. The lowest BCUT2D eigenvalue weighted by Crippen LogP contribution is -2.23. The van der Waals surface area contributed by atoms with Gasteiger partial charge in [0.2, 0.25) is 0 Å². The monoisotopic (exact) mass is 240 g/mol. The number of aromatic nitrogens is 1. The van der Waals surface area contributed by atoms with Gasteiger partial charge in [-0.3, -0.25) is 4.98 Å². The average molecular weight is 240 g/mol. The molecule has 3 heteroatoms. The first-order valence-corrected chi connectivity index (χ1v) is 6.27. The van der Waals surface area contributed by atoms with Gasteiger partial charge in [0.25, 0.3) is 0 Å². The van der Waals surface area contributed by atoms with Gasteiger partial charge in [-0.05, 0) is 48.4 Å². The van der Waals surface area contributed by atoms with Crippen LogP contribution >= 0.6 is 0 Å². The van der Waals surface area contributed by atoms with Crippen molar-refractivity contribution >= 4 is 0 Å². The summed E-state index contributed by atoms with van der Waals surface area (Å²) < 4.78 is 5.77. The molecular formula is C15H16N2O. The minimum absolute atomic E-state index is 0.521. The van der Waals surface area contributed by atoms with Gasteiger partial charge in [0.05, 0.1) is 5.69 Å². The van der Waals surface area contributed by atoms with E-state index in [1.807, 2.05) is 24.3 Å². The molecule has 18 heavy (non-hydrogen) atoms. The molecule has 1 aliphatic rings. The first-order valence-electron chi connectivity index (χ1n) is 6.27. The Morgan fingerprint density at radius 1 is 1.17 bits per heavy atom. The highest BCUT2D eigenvalue weighted by atomic mass is 16.5. The van der Waals surface area contributed by atoms with Gasteiger partial charge in [-0.2, -0.15) is 0 Å². The Morgan fingerprint density at radius 2 is 2.17 bits per heavy atom. The Hall–Kier alpha value is -1.87. The number of fused-ring (bicyclic) bond motifs is 1. The van der Waals surface area contributed by atoms with Crippen LogP contribution in [-0.4, -0.2) is 11.5 Å². The van der Waals surface area contributed by atoms with Crippen molar-refractivity contribution in [2.45, 2.75) is 19.6 Å². The summed E-state index contributed by atoms with van der Waals surface area (Å²) in [6.07, 6.45) is 2.89. The minimum Gasteiger partial charge on any atom is -0.487 e. The van der Waals surface area contributed by atoms with Crippen LogP contribution in [0.5, 0.6) is 5.75 Å². The standard InChI is InChI=1S/C15H16N2O/c1-2-7-17-14(3-1)11-18-15-5-4-12-6-8-16-10-13(12)9-15/h1-5,7,9,16H,6,8,10-11H2. The molecular weight excluding hydrogens is 224 g/mol. The molecule has 0 bridgehead atoms. The van der Waals surface area contributed by atoms with Crippen LogP contribution in [0.15, 0.2) is 42.6 Å². The topological polar surface area (TPSA) is 34.1 Å². The Bertz CT molecular complexity index is 525. The van der Waals surface area contributed by atoms with Crippen molar-refractivity contribution < 1.29 is 4.74 Å². The molecule has 0 atom stereocenters.